The van der Waals surface area contributed by atoms with Crippen molar-refractivity contribution in [1.29, 1.82) is 0 Å². The predicted molar refractivity (Wildman–Crippen MR) is 24.6 cm³/mol. The van der Waals surface area contributed by atoms with E-state index in [-0.39, 0.29) is 12.8 Å². The molecule has 0 aromatic carbocycles. The topological polar surface area (TPSA) is 54.4 Å². The molecular weight excluding hydrogens is 116 g/mol. The van der Waals surface area contributed by atoms with Crippen LogP contribution >= 0.6 is 0 Å². The Bertz CT molecular complexity index is 191. The third kappa shape index (κ3) is 1.14. The lowest BCUT2D eigenvalue weighted by Crippen LogP contribution is -2.02. The van der Waals surface area contributed by atoms with Gasteiger partial charge >= 0.3 is 0 Å². The van der Waals surface area contributed by atoms with E-state index in [1.165, 1.54) is 0 Å². The lowest BCUT2D eigenvalue weighted by molar-refractivity contribution is 0.481. The Morgan fingerprint density at radius 1 is 1.71 bits per heavy atom. The van der Waals surface area contributed by atoms with Crippen LogP contribution in [0.2, 0.25) is 0 Å². The second kappa shape index (κ2) is 1.20. The van der Waals surface area contributed by atoms with E-state index >= 15 is 0 Å². The maximum atomic E-state index is 10.1. The molecule has 42 valence electrons. The van der Waals surface area contributed by atoms with Crippen LogP contribution < -0.4 is 0 Å². The summed E-state index contributed by atoms with van der Waals surface area (Å²) in [5, 5.41) is -1.53. The van der Waals surface area contributed by atoms with Gasteiger partial charge in [0, 0.05) is 1.37 Å². The minimum Gasteiger partial charge on any atom is -0.285 e. The van der Waals surface area contributed by atoms with Crippen molar-refractivity contribution in [3.8, 4) is 0 Å². The molecule has 0 aromatic heterocycles. The maximum absolute atomic E-state index is 10.1. The fourth-order valence-corrected chi connectivity index (χ4v) is 0.927. The molecule has 1 aliphatic carbocycles. The van der Waals surface area contributed by atoms with Crippen molar-refractivity contribution >= 4 is 10.1 Å². The van der Waals surface area contributed by atoms with E-state index in [0.29, 0.717) is 0 Å². The lowest BCUT2D eigenvalue weighted by Gasteiger charge is -1.83. The van der Waals surface area contributed by atoms with E-state index in [1.807, 2.05) is 0 Å². The van der Waals surface area contributed by atoms with E-state index in [9.17, 15) is 8.42 Å². The average Bonchev–Trinajstić information content (AvgIpc) is 2.16. The van der Waals surface area contributed by atoms with Gasteiger partial charge in [-0.15, -0.1) is 0 Å². The van der Waals surface area contributed by atoms with Crippen molar-refractivity contribution < 1.29 is 14.3 Å². The molecule has 0 aromatic rings. The first-order chi connectivity index (χ1) is 3.46. The predicted octanol–water partition coefficient (Wildman–Crippen LogP) is 0.0366. The smallest absolute Gasteiger partial charge is 0.267 e. The molecule has 0 aliphatic heterocycles. The van der Waals surface area contributed by atoms with Crippen LogP contribution in [0.25, 0.3) is 0 Å². The van der Waals surface area contributed by atoms with Gasteiger partial charge in [0.05, 0.1) is 5.23 Å². The molecule has 1 fully saturated rings. The van der Waals surface area contributed by atoms with E-state index < -0.39 is 15.3 Å². The zero-order chi connectivity index (χ0) is 6.41. The van der Waals surface area contributed by atoms with E-state index in [4.69, 9.17) is 5.92 Å². The quantitative estimate of drug-likeness (QED) is 0.501. The molecule has 0 spiro atoms. The Kier molecular flexibility index (Phi) is 0.660. The molecule has 0 unspecified atom stereocenters. The Balaban J connectivity index is 2.90. The molecule has 0 radical (unpaired) electrons. The van der Waals surface area contributed by atoms with Crippen LogP contribution in [0.1, 0.15) is 14.2 Å². The molecule has 4 heteroatoms. The van der Waals surface area contributed by atoms with Gasteiger partial charge in [-0.1, -0.05) is 0 Å². The van der Waals surface area contributed by atoms with Gasteiger partial charge in [-0.2, -0.15) is 8.42 Å². The highest BCUT2D eigenvalue weighted by atomic mass is 32.2. The third-order valence-electron chi connectivity index (χ3n) is 0.819. The Hall–Kier alpha value is -0.0900. The summed E-state index contributed by atoms with van der Waals surface area (Å²) in [6.07, 6.45) is 0.539. The van der Waals surface area contributed by atoms with Gasteiger partial charge in [0.15, 0.2) is 0 Å². The molecular formula is C3H6O3S. The lowest BCUT2D eigenvalue weighted by atomic mass is 11.0. The first kappa shape index (κ1) is 3.86. The van der Waals surface area contributed by atoms with Gasteiger partial charge in [-0.05, 0) is 12.8 Å². The highest BCUT2D eigenvalue weighted by Crippen LogP contribution is 2.26. The molecule has 7 heavy (non-hydrogen) atoms. The summed E-state index contributed by atoms with van der Waals surface area (Å²) in [6.45, 7) is 0. The van der Waals surface area contributed by atoms with Crippen LogP contribution in [-0.4, -0.2) is 18.2 Å². The van der Waals surface area contributed by atoms with Gasteiger partial charge < -0.3 is 0 Å². The highest BCUT2D eigenvalue weighted by molar-refractivity contribution is 7.86. The maximum Gasteiger partial charge on any atom is 0.267 e. The Morgan fingerprint density at radius 3 is 2.14 bits per heavy atom. The number of rotatable bonds is 1. The monoisotopic (exact) mass is 123 g/mol. The van der Waals surface area contributed by atoms with Crippen LogP contribution in [0.5, 0.6) is 0 Å². The van der Waals surface area contributed by atoms with Crippen LogP contribution in [0.15, 0.2) is 0 Å². The molecule has 0 bridgehead atoms. The van der Waals surface area contributed by atoms with Gasteiger partial charge in [-0.3, -0.25) is 4.55 Å². The fourth-order valence-electron chi connectivity index (χ4n) is 0.309. The molecule has 3 nitrogen and oxygen atoms in total. The molecule has 1 saturated carbocycles. The number of hydrogen-bond acceptors (Lipinski definition) is 2. The zero-order valence-electron chi connectivity index (χ0n) is 4.59. The Morgan fingerprint density at radius 2 is 2.14 bits per heavy atom. The largest absolute Gasteiger partial charge is 0.285 e. The highest BCUT2D eigenvalue weighted by Gasteiger charge is 2.33. The molecule has 0 heterocycles. The summed E-state index contributed by atoms with van der Waals surface area (Å²) >= 11 is 0. The van der Waals surface area contributed by atoms with E-state index in [2.05, 4.69) is 0 Å². The van der Waals surface area contributed by atoms with Crippen molar-refractivity contribution in [1.82, 2.24) is 0 Å². The molecule has 0 atom stereocenters. The van der Waals surface area contributed by atoms with Crippen LogP contribution in [-0.2, 0) is 10.1 Å². The van der Waals surface area contributed by atoms with Crippen molar-refractivity contribution in [2.45, 2.75) is 18.1 Å². The molecule has 1 N–H and O–H groups in total. The molecule has 1 aliphatic rings. The summed E-state index contributed by atoms with van der Waals surface area (Å²) in [7, 11) is -4.06. The summed E-state index contributed by atoms with van der Waals surface area (Å²) in [5.41, 5.74) is 0. The van der Waals surface area contributed by atoms with E-state index in [1.54, 1.807) is 0 Å². The molecule has 1 rings (SSSR count). The summed E-state index contributed by atoms with van der Waals surface area (Å²) in [4.78, 5) is 0. The van der Waals surface area contributed by atoms with Gasteiger partial charge in [0.1, 0.15) is 0 Å². The van der Waals surface area contributed by atoms with Crippen LogP contribution in [0, 0.1) is 0 Å². The SMILES string of the molecule is [2H]C1(S(=O)(=O)O)CC1. The standard InChI is InChI=1S/C3H6O3S/c4-7(5,6)3-1-2-3/h3H,1-2H2,(H,4,5,6)/i3D. The van der Waals surface area contributed by atoms with Crippen LogP contribution in [0.3, 0.4) is 0 Å². The van der Waals surface area contributed by atoms with Gasteiger partial charge in [-0.25, -0.2) is 0 Å². The summed E-state index contributed by atoms with van der Waals surface area (Å²) < 4.78 is 35.2. The van der Waals surface area contributed by atoms with E-state index in [0.717, 1.165) is 0 Å². The van der Waals surface area contributed by atoms with Crippen molar-refractivity contribution in [2.75, 3.05) is 0 Å². The van der Waals surface area contributed by atoms with Gasteiger partial charge in [0.2, 0.25) is 0 Å². The number of hydrogen-bond donors (Lipinski definition) is 1. The third-order valence-corrected chi connectivity index (χ3v) is 1.96. The van der Waals surface area contributed by atoms with Crippen molar-refractivity contribution in [2.24, 2.45) is 0 Å². The summed E-state index contributed by atoms with van der Waals surface area (Å²) in [6, 6.07) is 0. The van der Waals surface area contributed by atoms with Crippen molar-refractivity contribution in [3.05, 3.63) is 0 Å². The molecule has 0 saturated heterocycles. The minimum atomic E-state index is -4.06. The Labute approximate surface area is 43.5 Å². The van der Waals surface area contributed by atoms with Gasteiger partial charge in [0.25, 0.3) is 10.1 Å². The molecule has 0 amide bonds. The second-order valence-electron chi connectivity index (χ2n) is 1.51. The second-order valence-corrected chi connectivity index (χ2v) is 3.04. The average molecular weight is 123 g/mol. The van der Waals surface area contributed by atoms with Crippen LogP contribution in [0.4, 0.5) is 0 Å². The summed E-state index contributed by atoms with van der Waals surface area (Å²) in [5.74, 6) is 0. The first-order valence-corrected chi connectivity index (χ1v) is 3.37. The fraction of sp³-hybridized carbons (Fsp3) is 1.00. The van der Waals surface area contributed by atoms with Crippen molar-refractivity contribution in [3.63, 3.8) is 0 Å². The normalized spacial score (nSPS) is 29.0. The first-order valence-electron chi connectivity index (χ1n) is 2.43. The zero-order valence-corrected chi connectivity index (χ0v) is 4.40. The minimum absolute atomic E-state index is 0.270.